The number of anilines is 1. The van der Waals surface area contributed by atoms with Gasteiger partial charge in [0, 0.05) is 23.4 Å². The zero-order valence-corrected chi connectivity index (χ0v) is 12.6. The monoisotopic (exact) mass is 290 g/mol. The number of para-hydroxylation sites is 2. The highest BCUT2D eigenvalue weighted by Crippen LogP contribution is 2.28. The van der Waals surface area contributed by atoms with Gasteiger partial charge in [0.2, 0.25) is 5.91 Å². The van der Waals surface area contributed by atoms with Crippen LogP contribution in [0.1, 0.15) is 11.3 Å². The van der Waals surface area contributed by atoms with Crippen molar-refractivity contribution in [2.45, 2.75) is 19.9 Å². The van der Waals surface area contributed by atoms with Crippen LogP contribution in [0.15, 0.2) is 54.6 Å². The Hall–Kier alpha value is -2.55. The molecule has 0 saturated carbocycles. The minimum atomic E-state index is 0.161. The predicted octanol–water partition coefficient (Wildman–Crippen LogP) is 3.54. The Morgan fingerprint density at radius 1 is 1.09 bits per heavy atom. The van der Waals surface area contributed by atoms with E-state index >= 15 is 0 Å². The fourth-order valence-electron chi connectivity index (χ4n) is 3.38. The molecule has 3 nitrogen and oxygen atoms in total. The molecule has 0 atom stereocenters. The third-order valence-corrected chi connectivity index (χ3v) is 4.50. The molecule has 22 heavy (non-hydrogen) atoms. The van der Waals surface area contributed by atoms with E-state index in [0.717, 1.165) is 29.9 Å². The molecule has 0 unspecified atom stereocenters. The van der Waals surface area contributed by atoms with Crippen molar-refractivity contribution in [3.05, 3.63) is 65.9 Å². The molecule has 110 valence electrons. The summed E-state index contributed by atoms with van der Waals surface area (Å²) in [6, 6.07) is 18.6. The van der Waals surface area contributed by atoms with Crippen LogP contribution in [0.25, 0.3) is 10.9 Å². The summed E-state index contributed by atoms with van der Waals surface area (Å²) >= 11 is 0. The first-order chi connectivity index (χ1) is 10.7. The van der Waals surface area contributed by atoms with Gasteiger partial charge < -0.3 is 9.47 Å². The number of aryl methyl sites for hydroxylation is 1. The van der Waals surface area contributed by atoms with Crippen molar-refractivity contribution in [3.8, 4) is 0 Å². The number of aromatic nitrogens is 1. The molecule has 1 aromatic heterocycles. The summed E-state index contributed by atoms with van der Waals surface area (Å²) in [4.78, 5) is 14.7. The van der Waals surface area contributed by atoms with E-state index < -0.39 is 0 Å². The summed E-state index contributed by atoms with van der Waals surface area (Å²) in [5.74, 6) is 0.161. The van der Waals surface area contributed by atoms with Crippen LogP contribution in [0.5, 0.6) is 0 Å². The number of hydrogen-bond donors (Lipinski definition) is 0. The second kappa shape index (κ2) is 5.02. The molecule has 0 N–H and O–H groups in total. The van der Waals surface area contributed by atoms with Gasteiger partial charge in [-0.2, -0.15) is 0 Å². The normalized spacial score (nSPS) is 13.6. The molecule has 3 heteroatoms. The Balaban J connectivity index is 1.66. The van der Waals surface area contributed by atoms with Crippen LogP contribution in [0, 0.1) is 6.92 Å². The molecule has 0 radical (unpaired) electrons. The Morgan fingerprint density at radius 3 is 2.77 bits per heavy atom. The highest BCUT2D eigenvalue weighted by molar-refractivity contribution is 5.96. The SMILES string of the molecule is Cc1cc2ccccc2n1CC(=O)N1CCc2ccccc21. The van der Waals surface area contributed by atoms with Gasteiger partial charge in [-0.05, 0) is 42.5 Å². The molecule has 1 aliphatic rings. The van der Waals surface area contributed by atoms with Gasteiger partial charge in [0.05, 0.1) is 0 Å². The second-order valence-electron chi connectivity index (χ2n) is 5.85. The van der Waals surface area contributed by atoms with Crippen molar-refractivity contribution in [1.82, 2.24) is 4.57 Å². The Labute approximate surface area is 129 Å². The van der Waals surface area contributed by atoms with Gasteiger partial charge in [-0.1, -0.05) is 36.4 Å². The first-order valence-electron chi connectivity index (χ1n) is 7.67. The Morgan fingerprint density at radius 2 is 1.86 bits per heavy atom. The number of benzene rings is 2. The summed E-state index contributed by atoms with van der Waals surface area (Å²) in [7, 11) is 0. The summed E-state index contributed by atoms with van der Waals surface area (Å²) in [5.41, 5.74) is 4.59. The highest BCUT2D eigenvalue weighted by Gasteiger charge is 2.24. The van der Waals surface area contributed by atoms with Gasteiger partial charge in [0.25, 0.3) is 0 Å². The van der Waals surface area contributed by atoms with Crippen molar-refractivity contribution in [2.24, 2.45) is 0 Å². The third-order valence-electron chi connectivity index (χ3n) is 4.50. The number of nitrogens with zero attached hydrogens (tertiary/aromatic N) is 2. The Bertz CT molecular complexity index is 863. The van der Waals surface area contributed by atoms with E-state index in [1.54, 1.807) is 0 Å². The number of fused-ring (bicyclic) bond motifs is 2. The van der Waals surface area contributed by atoms with Crippen LogP contribution < -0.4 is 4.90 Å². The first kappa shape index (κ1) is 13.1. The lowest BCUT2D eigenvalue weighted by Crippen LogP contribution is -2.32. The quantitative estimate of drug-likeness (QED) is 0.708. The zero-order chi connectivity index (χ0) is 15.1. The maximum Gasteiger partial charge on any atom is 0.246 e. The van der Waals surface area contributed by atoms with E-state index in [1.165, 1.54) is 10.9 Å². The summed E-state index contributed by atoms with van der Waals surface area (Å²) in [5, 5.41) is 1.19. The van der Waals surface area contributed by atoms with Gasteiger partial charge in [-0.15, -0.1) is 0 Å². The van der Waals surface area contributed by atoms with Crippen molar-refractivity contribution in [3.63, 3.8) is 0 Å². The van der Waals surface area contributed by atoms with E-state index in [9.17, 15) is 4.79 Å². The van der Waals surface area contributed by atoms with Crippen molar-refractivity contribution in [2.75, 3.05) is 11.4 Å². The molecule has 0 aliphatic carbocycles. The lowest BCUT2D eigenvalue weighted by molar-refractivity contribution is -0.119. The van der Waals surface area contributed by atoms with Crippen molar-refractivity contribution in [1.29, 1.82) is 0 Å². The van der Waals surface area contributed by atoms with Gasteiger partial charge in [-0.25, -0.2) is 0 Å². The summed E-state index contributed by atoms with van der Waals surface area (Å²) in [6.07, 6.45) is 0.952. The smallest absolute Gasteiger partial charge is 0.246 e. The molecule has 0 fully saturated rings. The summed E-state index contributed by atoms with van der Waals surface area (Å²) in [6.45, 7) is 3.25. The van der Waals surface area contributed by atoms with Crippen LogP contribution in [0.3, 0.4) is 0 Å². The topological polar surface area (TPSA) is 25.2 Å². The number of hydrogen-bond acceptors (Lipinski definition) is 1. The van der Waals surface area contributed by atoms with E-state index in [1.807, 2.05) is 35.2 Å². The van der Waals surface area contributed by atoms with Crippen LogP contribution in [-0.2, 0) is 17.8 Å². The molecule has 2 aromatic carbocycles. The fraction of sp³-hybridized carbons (Fsp3) is 0.211. The molecule has 3 aromatic rings. The lowest BCUT2D eigenvalue weighted by Gasteiger charge is -2.18. The highest BCUT2D eigenvalue weighted by atomic mass is 16.2. The maximum absolute atomic E-state index is 12.8. The lowest BCUT2D eigenvalue weighted by atomic mass is 10.2. The number of rotatable bonds is 2. The molecule has 2 heterocycles. The van der Waals surface area contributed by atoms with Crippen LogP contribution in [0.2, 0.25) is 0 Å². The molecule has 0 bridgehead atoms. The van der Waals surface area contributed by atoms with Crippen LogP contribution >= 0.6 is 0 Å². The molecular weight excluding hydrogens is 272 g/mol. The molecule has 0 saturated heterocycles. The molecule has 1 amide bonds. The van der Waals surface area contributed by atoms with Crippen molar-refractivity contribution < 1.29 is 4.79 Å². The zero-order valence-electron chi connectivity index (χ0n) is 12.6. The Kier molecular flexibility index (Phi) is 3.00. The second-order valence-corrected chi connectivity index (χ2v) is 5.85. The van der Waals surface area contributed by atoms with E-state index in [4.69, 9.17) is 0 Å². The number of carbonyl (C=O) groups is 1. The molecule has 1 aliphatic heterocycles. The average Bonchev–Trinajstić information content (AvgIpc) is 3.09. The molecular formula is C19H18N2O. The molecule has 0 spiro atoms. The van der Waals surface area contributed by atoms with Gasteiger partial charge >= 0.3 is 0 Å². The maximum atomic E-state index is 12.8. The fourth-order valence-corrected chi connectivity index (χ4v) is 3.38. The first-order valence-corrected chi connectivity index (χ1v) is 7.67. The minimum absolute atomic E-state index is 0.161. The standard InChI is InChI=1S/C19H18N2O/c1-14-12-16-7-3-5-9-18(16)21(14)13-19(22)20-11-10-15-6-2-4-8-17(15)20/h2-9,12H,10-11,13H2,1H3. The van der Waals surface area contributed by atoms with Gasteiger partial charge in [-0.3, -0.25) is 4.79 Å². The van der Waals surface area contributed by atoms with Crippen molar-refractivity contribution >= 4 is 22.5 Å². The largest absolute Gasteiger partial charge is 0.335 e. The summed E-state index contributed by atoms with van der Waals surface area (Å²) < 4.78 is 2.11. The molecule has 4 rings (SSSR count). The van der Waals surface area contributed by atoms with E-state index in [-0.39, 0.29) is 5.91 Å². The average molecular weight is 290 g/mol. The van der Waals surface area contributed by atoms with Crippen LogP contribution in [0.4, 0.5) is 5.69 Å². The van der Waals surface area contributed by atoms with E-state index in [2.05, 4.69) is 35.8 Å². The number of amides is 1. The van der Waals surface area contributed by atoms with Gasteiger partial charge in [0.15, 0.2) is 0 Å². The van der Waals surface area contributed by atoms with E-state index in [0.29, 0.717) is 6.54 Å². The van der Waals surface area contributed by atoms with Crippen LogP contribution in [-0.4, -0.2) is 17.0 Å². The number of carbonyl (C=O) groups excluding carboxylic acids is 1. The third kappa shape index (κ3) is 2.01. The minimum Gasteiger partial charge on any atom is -0.335 e. The predicted molar refractivity (Wildman–Crippen MR) is 89.2 cm³/mol. The van der Waals surface area contributed by atoms with Gasteiger partial charge in [0.1, 0.15) is 6.54 Å².